The van der Waals surface area contributed by atoms with Crippen molar-refractivity contribution in [3.8, 4) is 0 Å². The Labute approximate surface area is 224 Å². The molecule has 1 aromatic carbocycles. The number of carbonyl (C=O) groups is 2. The summed E-state index contributed by atoms with van der Waals surface area (Å²) < 4.78 is 30.0. The molecule has 3 heterocycles. The maximum atomic E-state index is 13.4. The van der Waals surface area contributed by atoms with E-state index >= 15 is 0 Å². The molecule has 11 heteroatoms. The summed E-state index contributed by atoms with van der Waals surface area (Å²) in [5.41, 5.74) is 3.14. The highest BCUT2D eigenvalue weighted by Crippen LogP contribution is 2.30. The van der Waals surface area contributed by atoms with Crippen molar-refractivity contribution in [1.82, 2.24) is 29.6 Å². The Hall–Kier alpha value is -2.76. The van der Waals surface area contributed by atoms with E-state index in [1.807, 2.05) is 13.1 Å². The third-order valence-corrected chi connectivity index (χ3v) is 9.89. The molecule has 0 spiro atoms. The van der Waals surface area contributed by atoms with Crippen LogP contribution < -0.4 is 10.6 Å². The van der Waals surface area contributed by atoms with Crippen molar-refractivity contribution in [3.63, 3.8) is 0 Å². The number of aryl methyl sites for hydroxylation is 1. The van der Waals surface area contributed by atoms with Crippen LogP contribution >= 0.6 is 0 Å². The zero-order valence-corrected chi connectivity index (χ0v) is 22.9. The molecular weight excluding hydrogens is 504 g/mol. The SMILES string of the molecule is Cc1ccc(S(=O)(=O)N2CCNC(=O)C2CC(=O)NC2CCCc3c2cnn3CCN2CCCCC2)cc1. The van der Waals surface area contributed by atoms with Crippen LogP contribution in [0.15, 0.2) is 35.4 Å². The van der Waals surface area contributed by atoms with Crippen molar-refractivity contribution < 1.29 is 18.0 Å². The summed E-state index contributed by atoms with van der Waals surface area (Å²) in [5.74, 6) is -0.785. The van der Waals surface area contributed by atoms with Gasteiger partial charge in [0, 0.05) is 30.9 Å². The van der Waals surface area contributed by atoms with Crippen LogP contribution in [0, 0.1) is 6.92 Å². The number of likely N-dealkylation sites (tertiary alicyclic amines) is 1. The van der Waals surface area contributed by atoms with E-state index in [9.17, 15) is 18.0 Å². The molecular formula is C27H38N6O4S. The Kier molecular flexibility index (Phi) is 8.15. The molecule has 2 atom stereocenters. The van der Waals surface area contributed by atoms with Crippen molar-refractivity contribution in [2.45, 2.75) is 75.4 Å². The molecule has 2 unspecified atom stereocenters. The lowest BCUT2D eigenvalue weighted by atomic mass is 9.92. The maximum Gasteiger partial charge on any atom is 0.243 e. The predicted octanol–water partition coefficient (Wildman–Crippen LogP) is 1.75. The Morgan fingerprint density at radius 2 is 1.84 bits per heavy atom. The Balaban J connectivity index is 1.25. The summed E-state index contributed by atoms with van der Waals surface area (Å²) >= 11 is 0. The van der Waals surface area contributed by atoms with Crippen LogP contribution in [0.4, 0.5) is 0 Å². The van der Waals surface area contributed by atoms with Gasteiger partial charge in [-0.1, -0.05) is 24.1 Å². The van der Waals surface area contributed by atoms with Crippen LogP contribution in [0.5, 0.6) is 0 Å². The van der Waals surface area contributed by atoms with Crippen LogP contribution in [0.25, 0.3) is 0 Å². The first kappa shape index (κ1) is 26.8. The first-order valence-electron chi connectivity index (χ1n) is 13.8. The van der Waals surface area contributed by atoms with Crippen molar-refractivity contribution in [3.05, 3.63) is 47.3 Å². The van der Waals surface area contributed by atoms with E-state index in [4.69, 9.17) is 0 Å². The molecule has 10 nitrogen and oxygen atoms in total. The molecule has 1 aromatic heterocycles. The number of nitrogens with one attached hydrogen (secondary N) is 2. The van der Waals surface area contributed by atoms with Crippen LogP contribution in [0.2, 0.25) is 0 Å². The lowest BCUT2D eigenvalue weighted by Crippen LogP contribution is -2.58. The summed E-state index contributed by atoms with van der Waals surface area (Å²) in [4.78, 5) is 28.5. The van der Waals surface area contributed by atoms with E-state index < -0.39 is 22.0 Å². The average Bonchev–Trinajstić information content (AvgIpc) is 3.33. The monoisotopic (exact) mass is 542 g/mol. The van der Waals surface area contributed by atoms with Gasteiger partial charge in [-0.25, -0.2) is 8.42 Å². The molecule has 2 fully saturated rings. The van der Waals surface area contributed by atoms with Crippen molar-refractivity contribution >= 4 is 21.8 Å². The standard InChI is InChI=1S/C27H38N6O4S/c1-20-8-10-21(11-9-20)38(36,37)33-15-12-28-27(35)25(33)18-26(34)30-23-6-5-7-24-22(23)19-29-32(24)17-16-31-13-3-2-4-14-31/h8-11,19,23,25H,2-7,12-18H2,1H3,(H,28,35)(H,30,34). The molecule has 2 amide bonds. The number of aromatic nitrogens is 2. The number of rotatable bonds is 8. The number of piperazine rings is 1. The normalized spacial score (nSPS) is 23.0. The minimum atomic E-state index is -3.93. The summed E-state index contributed by atoms with van der Waals surface area (Å²) in [6, 6.07) is 5.26. The van der Waals surface area contributed by atoms with Gasteiger partial charge in [0.15, 0.2) is 0 Å². The number of nitrogens with zero attached hydrogens (tertiary/aromatic N) is 4. The number of carbonyl (C=O) groups excluding carboxylic acids is 2. The minimum absolute atomic E-state index is 0.122. The molecule has 5 rings (SSSR count). The fraction of sp³-hybridized carbons (Fsp3) is 0.593. The number of fused-ring (bicyclic) bond motifs is 1. The molecule has 38 heavy (non-hydrogen) atoms. The van der Waals surface area contributed by atoms with Crippen LogP contribution in [0.3, 0.4) is 0 Å². The molecule has 1 aliphatic carbocycles. The van der Waals surface area contributed by atoms with E-state index in [1.165, 1.54) is 23.6 Å². The van der Waals surface area contributed by atoms with E-state index in [-0.39, 0.29) is 36.4 Å². The first-order valence-corrected chi connectivity index (χ1v) is 15.2. The second-order valence-electron chi connectivity index (χ2n) is 10.6. The van der Waals surface area contributed by atoms with Crippen LogP contribution in [-0.4, -0.2) is 78.0 Å². The fourth-order valence-electron chi connectivity index (χ4n) is 5.83. The van der Waals surface area contributed by atoms with Crippen molar-refractivity contribution in [1.29, 1.82) is 0 Å². The van der Waals surface area contributed by atoms with Crippen molar-refractivity contribution in [2.75, 3.05) is 32.7 Å². The zero-order chi connectivity index (χ0) is 26.7. The highest BCUT2D eigenvalue weighted by atomic mass is 32.2. The number of hydrogen-bond acceptors (Lipinski definition) is 6. The van der Waals surface area contributed by atoms with Gasteiger partial charge in [0.25, 0.3) is 0 Å². The average molecular weight is 543 g/mol. The van der Waals surface area contributed by atoms with Gasteiger partial charge in [0.1, 0.15) is 6.04 Å². The third kappa shape index (κ3) is 5.79. The summed E-state index contributed by atoms with van der Waals surface area (Å²) in [6.07, 6.45) is 8.11. The van der Waals surface area contributed by atoms with Gasteiger partial charge in [0.2, 0.25) is 21.8 Å². The lowest BCUT2D eigenvalue weighted by Gasteiger charge is -2.34. The van der Waals surface area contributed by atoms with E-state index in [2.05, 4.69) is 25.3 Å². The Bertz CT molecular complexity index is 1250. The van der Waals surface area contributed by atoms with Gasteiger partial charge in [-0.15, -0.1) is 0 Å². The van der Waals surface area contributed by atoms with Crippen LogP contribution in [-0.2, 0) is 32.6 Å². The summed E-state index contributed by atoms with van der Waals surface area (Å²) in [5, 5.41) is 10.4. The van der Waals surface area contributed by atoms with Gasteiger partial charge in [0.05, 0.1) is 30.1 Å². The number of benzene rings is 1. The number of amides is 2. The molecule has 206 valence electrons. The summed E-state index contributed by atoms with van der Waals surface area (Å²) in [6.45, 7) is 6.33. The molecule has 3 aliphatic rings. The molecule has 0 bridgehead atoms. The van der Waals surface area contributed by atoms with Gasteiger partial charge < -0.3 is 15.5 Å². The third-order valence-electron chi connectivity index (χ3n) is 7.96. The maximum absolute atomic E-state index is 13.4. The highest BCUT2D eigenvalue weighted by molar-refractivity contribution is 7.89. The fourth-order valence-corrected chi connectivity index (χ4v) is 7.42. The lowest BCUT2D eigenvalue weighted by molar-refractivity contribution is -0.132. The molecule has 2 aromatic rings. The first-order chi connectivity index (χ1) is 18.3. The molecule has 2 N–H and O–H groups in total. The van der Waals surface area contributed by atoms with E-state index in [0.29, 0.717) is 0 Å². The smallest absolute Gasteiger partial charge is 0.243 e. The minimum Gasteiger partial charge on any atom is -0.353 e. The highest BCUT2D eigenvalue weighted by Gasteiger charge is 2.40. The molecule has 2 saturated heterocycles. The molecule has 0 saturated carbocycles. The van der Waals surface area contributed by atoms with Crippen molar-refractivity contribution in [2.24, 2.45) is 0 Å². The Morgan fingerprint density at radius 1 is 1.08 bits per heavy atom. The van der Waals surface area contributed by atoms with Crippen LogP contribution in [0.1, 0.15) is 61.4 Å². The zero-order valence-electron chi connectivity index (χ0n) is 22.1. The van der Waals surface area contributed by atoms with Gasteiger partial charge in [-0.3, -0.25) is 14.3 Å². The predicted molar refractivity (Wildman–Crippen MR) is 143 cm³/mol. The second kappa shape index (κ2) is 11.5. The topological polar surface area (TPSA) is 117 Å². The van der Waals surface area contributed by atoms with E-state index in [1.54, 1.807) is 24.3 Å². The summed E-state index contributed by atoms with van der Waals surface area (Å²) in [7, 11) is -3.93. The Morgan fingerprint density at radius 3 is 2.61 bits per heavy atom. The molecule has 0 radical (unpaired) electrons. The molecule has 2 aliphatic heterocycles. The number of piperidine rings is 1. The van der Waals surface area contributed by atoms with Gasteiger partial charge in [-0.05, 0) is 64.3 Å². The second-order valence-corrected chi connectivity index (χ2v) is 12.5. The number of hydrogen-bond donors (Lipinski definition) is 2. The van der Waals surface area contributed by atoms with E-state index in [0.717, 1.165) is 62.3 Å². The van der Waals surface area contributed by atoms with Gasteiger partial charge in [-0.2, -0.15) is 9.40 Å². The van der Waals surface area contributed by atoms with Gasteiger partial charge >= 0.3 is 0 Å². The quantitative estimate of drug-likeness (QED) is 0.525. The largest absolute Gasteiger partial charge is 0.353 e. The number of sulfonamides is 1.